The minimum Gasteiger partial charge on any atom is -0.378 e. The van der Waals surface area contributed by atoms with Crippen LogP contribution in [0.5, 0.6) is 0 Å². The fourth-order valence-corrected chi connectivity index (χ4v) is 3.26. The van der Waals surface area contributed by atoms with Gasteiger partial charge in [-0.1, -0.05) is 30.3 Å². The molecule has 1 aromatic carbocycles. The fraction of sp³-hybridized carbons (Fsp3) is 0.444. The van der Waals surface area contributed by atoms with E-state index < -0.39 is 0 Å². The smallest absolute Gasteiger partial charge is 0.153 e. The van der Waals surface area contributed by atoms with E-state index in [9.17, 15) is 0 Å². The number of rotatable bonds is 4. The summed E-state index contributed by atoms with van der Waals surface area (Å²) in [5.74, 6) is 2.99. The number of benzene rings is 1. The number of hydrogen-bond acceptors (Lipinski definition) is 6. The molecule has 1 saturated heterocycles. The van der Waals surface area contributed by atoms with E-state index in [2.05, 4.69) is 34.6 Å². The first-order chi connectivity index (χ1) is 11.8. The molecule has 4 rings (SSSR count). The number of nitrogens with one attached hydrogen (secondary N) is 1. The Morgan fingerprint density at radius 3 is 2.58 bits per heavy atom. The van der Waals surface area contributed by atoms with Gasteiger partial charge in [-0.25, -0.2) is 15.4 Å². The van der Waals surface area contributed by atoms with E-state index in [-0.39, 0.29) is 0 Å². The van der Waals surface area contributed by atoms with E-state index in [1.807, 2.05) is 18.1 Å². The van der Waals surface area contributed by atoms with Crippen molar-refractivity contribution < 1.29 is 4.74 Å². The van der Waals surface area contributed by atoms with Crippen molar-refractivity contribution in [3.05, 3.63) is 47.3 Å². The van der Waals surface area contributed by atoms with Crippen LogP contribution in [-0.4, -0.2) is 43.3 Å². The van der Waals surface area contributed by atoms with Crippen LogP contribution in [0, 0.1) is 0 Å². The molecule has 0 unspecified atom stereocenters. The standard InChI is InChI=1S/C18H23N5O/c1-22-17-15(13-19-22)18(23-9-11-24-12-10-23)21-16(20-17)8-7-14-5-3-2-4-6-14/h2-6,19H,7-13H2,1H3. The van der Waals surface area contributed by atoms with Crippen molar-refractivity contribution in [2.45, 2.75) is 19.4 Å². The lowest BCUT2D eigenvalue weighted by molar-refractivity contribution is 0.122. The van der Waals surface area contributed by atoms with Gasteiger partial charge in [-0.2, -0.15) is 0 Å². The molecule has 2 aliphatic rings. The Labute approximate surface area is 142 Å². The SMILES string of the molecule is CN1NCc2c(N3CCOCC3)nc(CCc3ccccc3)nc21. The second-order valence-electron chi connectivity index (χ2n) is 6.24. The van der Waals surface area contributed by atoms with Gasteiger partial charge in [-0.05, 0) is 12.0 Å². The van der Waals surface area contributed by atoms with Gasteiger partial charge >= 0.3 is 0 Å². The average Bonchev–Trinajstić information content (AvgIpc) is 3.02. The Hall–Kier alpha value is -2.18. The predicted octanol–water partition coefficient (Wildman–Crippen LogP) is 1.55. The topological polar surface area (TPSA) is 53.5 Å². The number of fused-ring (bicyclic) bond motifs is 1. The number of nitrogens with zero attached hydrogens (tertiary/aromatic N) is 4. The number of morpholine rings is 1. The van der Waals surface area contributed by atoms with E-state index in [1.165, 1.54) is 11.1 Å². The third-order valence-corrected chi connectivity index (χ3v) is 4.61. The molecule has 2 aliphatic heterocycles. The molecule has 6 nitrogen and oxygen atoms in total. The van der Waals surface area contributed by atoms with Crippen LogP contribution < -0.4 is 15.3 Å². The van der Waals surface area contributed by atoms with Gasteiger partial charge in [0.1, 0.15) is 11.6 Å². The lowest BCUT2D eigenvalue weighted by Gasteiger charge is -2.29. The zero-order valence-electron chi connectivity index (χ0n) is 14.0. The maximum Gasteiger partial charge on any atom is 0.153 e. The maximum absolute atomic E-state index is 5.49. The minimum atomic E-state index is 0.765. The minimum absolute atomic E-state index is 0.765. The molecule has 0 bridgehead atoms. The monoisotopic (exact) mass is 325 g/mol. The summed E-state index contributed by atoms with van der Waals surface area (Å²) in [5, 5.41) is 2.01. The Morgan fingerprint density at radius 2 is 1.79 bits per heavy atom. The zero-order valence-corrected chi connectivity index (χ0v) is 14.0. The Kier molecular flexibility index (Phi) is 4.32. The van der Waals surface area contributed by atoms with Gasteiger partial charge in [0.05, 0.1) is 18.8 Å². The molecule has 0 radical (unpaired) electrons. The van der Waals surface area contributed by atoms with Crippen molar-refractivity contribution in [2.24, 2.45) is 0 Å². The molecule has 2 aromatic rings. The first-order valence-corrected chi connectivity index (χ1v) is 8.55. The second-order valence-corrected chi connectivity index (χ2v) is 6.24. The highest BCUT2D eigenvalue weighted by Crippen LogP contribution is 2.30. The number of hydrazine groups is 1. The van der Waals surface area contributed by atoms with E-state index in [0.717, 1.165) is 63.1 Å². The van der Waals surface area contributed by atoms with Crippen molar-refractivity contribution in [3.63, 3.8) is 0 Å². The molecule has 1 N–H and O–H groups in total. The molecule has 3 heterocycles. The molecule has 6 heteroatoms. The Morgan fingerprint density at radius 1 is 1.04 bits per heavy atom. The van der Waals surface area contributed by atoms with Crippen LogP contribution in [0.25, 0.3) is 0 Å². The van der Waals surface area contributed by atoms with E-state index >= 15 is 0 Å². The summed E-state index contributed by atoms with van der Waals surface area (Å²) in [6.45, 7) is 4.11. The summed E-state index contributed by atoms with van der Waals surface area (Å²) in [6.07, 6.45) is 1.81. The summed E-state index contributed by atoms with van der Waals surface area (Å²) >= 11 is 0. The Balaban J connectivity index is 1.61. The lowest BCUT2D eigenvalue weighted by Crippen LogP contribution is -2.37. The second kappa shape index (κ2) is 6.75. The molecule has 1 fully saturated rings. The van der Waals surface area contributed by atoms with Crippen LogP contribution in [0.3, 0.4) is 0 Å². The maximum atomic E-state index is 5.49. The number of ether oxygens (including phenoxy) is 1. The summed E-state index contributed by atoms with van der Waals surface area (Å²) in [4.78, 5) is 12.0. The third-order valence-electron chi connectivity index (χ3n) is 4.61. The summed E-state index contributed by atoms with van der Waals surface area (Å²) in [6, 6.07) is 10.5. The largest absolute Gasteiger partial charge is 0.378 e. The van der Waals surface area contributed by atoms with Crippen LogP contribution >= 0.6 is 0 Å². The molecule has 0 saturated carbocycles. The van der Waals surface area contributed by atoms with Gasteiger partial charge in [-0.3, -0.25) is 5.01 Å². The Bertz CT molecular complexity index is 700. The van der Waals surface area contributed by atoms with Crippen molar-refractivity contribution in [1.29, 1.82) is 0 Å². The quantitative estimate of drug-likeness (QED) is 0.920. The fourth-order valence-electron chi connectivity index (χ4n) is 3.26. The number of anilines is 2. The lowest BCUT2D eigenvalue weighted by atomic mass is 10.1. The summed E-state index contributed by atoms with van der Waals surface area (Å²) in [7, 11) is 2.02. The van der Waals surface area contributed by atoms with Gasteiger partial charge in [0.2, 0.25) is 0 Å². The number of aryl methyl sites for hydroxylation is 2. The molecular formula is C18H23N5O. The van der Waals surface area contributed by atoms with Crippen LogP contribution in [0.15, 0.2) is 30.3 Å². The van der Waals surface area contributed by atoms with Crippen molar-refractivity contribution in [2.75, 3.05) is 43.3 Å². The number of hydrogen-bond donors (Lipinski definition) is 1. The molecule has 0 amide bonds. The highest BCUT2D eigenvalue weighted by molar-refractivity contribution is 5.62. The van der Waals surface area contributed by atoms with Gasteiger partial charge in [-0.15, -0.1) is 0 Å². The van der Waals surface area contributed by atoms with E-state index in [4.69, 9.17) is 14.7 Å². The van der Waals surface area contributed by atoms with Crippen molar-refractivity contribution in [1.82, 2.24) is 15.4 Å². The normalized spacial score (nSPS) is 17.2. The summed E-state index contributed by atoms with van der Waals surface area (Å²) < 4.78 is 5.49. The molecule has 1 aromatic heterocycles. The van der Waals surface area contributed by atoms with Crippen molar-refractivity contribution in [3.8, 4) is 0 Å². The zero-order chi connectivity index (χ0) is 16.4. The summed E-state index contributed by atoms with van der Waals surface area (Å²) in [5.41, 5.74) is 5.86. The molecule has 126 valence electrons. The van der Waals surface area contributed by atoms with Gasteiger partial charge in [0.15, 0.2) is 5.82 Å². The van der Waals surface area contributed by atoms with Gasteiger partial charge < -0.3 is 9.64 Å². The van der Waals surface area contributed by atoms with Crippen LogP contribution in [0.1, 0.15) is 17.0 Å². The first kappa shape index (κ1) is 15.4. The third kappa shape index (κ3) is 3.07. The predicted molar refractivity (Wildman–Crippen MR) is 94.2 cm³/mol. The van der Waals surface area contributed by atoms with Gasteiger partial charge in [0, 0.05) is 33.1 Å². The highest BCUT2D eigenvalue weighted by atomic mass is 16.5. The molecular weight excluding hydrogens is 302 g/mol. The van der Waals surface area contributed by atoms with Crippen LogP contribution in [0.4, 0.5) is 11.6 Å². The molecule has 0 aliphatic carbocycles. The first-order valence-electron chi connectivity index (χ1n) is 8.55. The van der Waals surface area contributed by atoms with E-state index in [1.54, 1.807) is 0 Å². The van der Waals surface area contributed by atoms with E-state index in [0.29, 0.717) is 0 Å². The molecule has 0 atom stereocenters. The molecule has 24 heavy (non-hydrogen) atoms. The van der Waals surface area contributed by atoms with Gasteiger partial charge in [0.25, 0.3) is 0 Å². The molecule has 0 spiro atoms. The van der Waals surface area contributed by atoms with Crippen molar-refractivity contribution >= 4 is 11.6 Å². The average molecular weight is 325 g/mol. The van der Waals surface area contributed by atoms with Crippen LogP contribution in [-0.2, 0) is 24.1 Å². The van der Waals surface area contributed by atoms with Crippen LogP contribution in [0.2, 0.25) is 0 Å². The number of aromatic nitrogens is 2. The highest BCUT2D eigenvalue weighted by Gasteiger charge is 2.26.